The molecule has 0 bridgehead atoms. The first-order chi connectivity index (χ1) is 10.6. The number of imidazole rings is 1. The average molecular weight is 301 g/mol. The van der Waals surface area contributed by atoms with Gasteiger partial charge in [0.15, 0.2) is 0 Å². The Hall–Kier alpha value is -2.11. The third-order valence-electron chi connectivity index (χ3n) is 4.31. The lowest BCUT2D eigenvalue weighted by Crippen LogP contribution is -2.39. The Morgan fingerprint density at radius 2 is 2.23 bits per heavy atom. The lowest BCUT2D eigenvalue weighted by Gasteiger charge is -2.32. The van der Waals surface area contributed by atoms with Crippen LogP contribution in [0.4, 0.5) is 0 Å². The van der Waals surface area contributed by atoms with E-state index in [4.69, 9.17) is 0 Å². The van der Waals surface area contributed by atoms with Crippen LogP contribution in [0.25, 0.3) is 0 Å². The number of aryl methyl sites for hydroxylation is 3. The molecule has 1 atom stereocenters. The first-order valence-electron chi connectivity index (χ1n) is 7.90. The van der Waals surface area contributed by atoms with E-state index in [1.807, 2.05) is 38.2 Å². The molecular weight excluding hydrogens is 278 g/mol. The minimum atomic E-state index is 0.0790. The molecule has 0 unspecified atom stereocenters. The fourth-order valence-electron chi connectivity index (χ4n) is 3.22. The molecule has 0 radical (unpaired) electrons. The first-order valence-corrected chi connectivity index (χ1v) is 7.90. The van der Waals surface area contributed by atoms with Gasteiger partial charge in [-0.15, -0.1) is 0 Å². The molecule has 1 saturated heterocycles. The summed E-state index contributed by atoms with van der Waals surface area (Å²) in [7, 11) is 2.03. The van der Waals surface area contributed by atoms with Crippen molar-refractivity contribution in [3.05, 3.63) is 35.7 Å². The average Bonchev–Trinajstić information content (AvgIpc) is 3.13. The highest BCUT2D eigenvalue weighted by Gasteiger charge is 2.28. The Morgan fingerprint density at radius 3 is 2.86 bits per heavy atom. The summed E-state index contributed by atoms with van der Waals surface area (Å²) in [6, 6.07) is 0. The van der Waals surface area contributed by atoms with E-state index in [9.17, 15) is 4.79 Å². The van der Waals surface area contributed by atoms with Crippen LogP contribution in [-0.2, 0) is 13.6 Å². The van der Waals surface area contributed by atoms with Gasteiger partial charge in [0, 0.05) is 45.0 Å². The molecule has 0 aromatic carbocycles. The van der Waals surface area contributed by atoms with Gasteiger partial charge in [-0.1, -0.05) is 0 Å². The summed E-state index contributed by atoms with van der Waals surface area (Å²) in [6.45, 7) is 6.36. The van der Waals surface area contributed by atoms with Crippen molar-refractivity contribution in [2.75, 3.05) is 13.1 Å². The predicted molar refractivity (Wildman–Crippen MR) is 83.7 cm³/mol. The van der Waals surface area contributed by atoms with Crippen molar-refractivity contribution in [3.63, 3.8) is 0 Å². The summed E-state index contributed by atoms with van der Waals surface area (Å²) in [5.74, 6) is 1.48. The first kappa shape index (κ1) is 14.8. The Kier molecular flexibility index (Phi) is 4.00. The number of carbonyl (C=O) groups is 1. The van der Waals surface area contributed by atoms with E-state index in [2.05, 4.69) is 14.6 Å². The van der Waals surface area contributed by atoms with Crippen LogP contribution in [0.15, 0.2) is 18.6 Å². The third-order valence-corrected chi connectivity index (χ3v) is 4.31. The number of rotatable bonds is 3. The van der Waals surface area contributed by atoms with Crippen molar-refractivity contribution < 1.29 is 4.79 Å². The molecule has 1 aliphatic rings. The maximum Gasteiger partial charge on any atom is 0.257 e. The molecule has 0 spiro atoms. The number of hydrogen-bond acceptors (Lipinski definition) is 3. The molecule has 0 N–H and O–H groups in total. The maximum absolute atomic E-state index is 12.6. The van der Waals surface area contributed by atoms with Crippen LogP contribution in [0, 0.1) is 6.92 Å². The van der Waals surface area contributed by atoms with Crippen LogP contribution >= 0.6 is 0 Å². The minimum Gasteiger partial charge on any atom is -0.338 e. The number of nitrogens with zero attached hydrogens (tertiary/aromatic N) is 5. The van der Waals surface area contributed by atoms with Gasteiger partial charge in [-0.3, -0.25) is 9.48 Å². The summed E-state index contributed by atoms with van der Waals surface area (Å²) in [5.41, 5.74) is 1.71. The quantitative estimate of drug-likeness (QED) is 0.871. The van der Waals surface area contributed by atoms with Crippen LogP contribution < -0.4 is 0 Å². The van der Waals surface area contributed by atoms with E-state index < -0.39 is 0 Å². The van der Waals surface area contributed by atoms with Gasteiger partial charge >= 0.3 is 0 Å². The molecule has 118 valence electrons. The van der Waals surface area contributed by atoms with Gasteiger partial charge in [0.1, 0.15) is 5.82 Å². The molecule has 2 aromatic rings. The lowest BCUT2D eigenvalue weighted by atomic mass is 9.96. The van der Waals surface area contributed by atoms with Gasteiger partial charge in [-0.25, -0.2) is 4.98 Å². The van der Waals surface area contributed by atoms with Crippen LogP contribution in [0.2, 0.25) is 0 Å². The van der Waals surface area contributed by atoms with Gasteiger partial charge in [-0.2, -0.15) is 5.10 Å². The minimum absolute atomic E-state index is 0.0790. The second-order valence-electron chi connectivity index (χ2n) is 6.03. The Bertz CT molecular complexity index is 672. The second-order valence-corrected chi connectivity index (χ2v) is 6.03. The summed E-state index contributed by atoms with van der Waals surface area (Å²) >= 11 is 0. The van der Waals surface area contributed by atoms with Crippen molar-refractivity contribution >= 4 is 5.91 Å². The molecule has 0 aliphatic carbocycles. The highest BCUT2D eigenvalue weighted by molar-refractivity contribution is 5.93. The van der Waals surface area contributed by atoms with E-state index >= 15 is 0 Å². The normalized spacial score (nSPS) is 18.7. The number of carbonyl (C=O) groups excluding carboxylic acids is 1. The molecule has 1 amide bonds. The molecule has 1 aliphatic heterocycles. The molecule has 3 rings (SSSR count). The molecule has 3 heterocycles. The molecule has 1 fully saturated rings. The Balaban J connectivity index is 1.75. The number of amides is 1. The molecule has 6 heteroatoms. The highest BCUT2D eigenvalue weighted by atomic mass is 16.2. The molecule has 0 saturated carbocycles. The molecule has 6 nitrogen and oxygen atoms in total. The summed E-state index contributed by atoms with van der Waals surface area (Å²) < 4.78 is 3.87. The van der Waals surface area contributed by atoms with Crippen molar-refractivity contribution in [1.29, 1.82) is 0 Å². The van der Waals surface area contributed by atoms with E-state index in [1.54, 1.807) is 10.9 Å². The fraction of sp³-hybridized carbons (Fsp3) is 0.562. The van der Waals surface area contributed by atoms with Gasteiger partial charge in [-0.05, 0) is 26.7 Å². The SMILES string of the molecule is CCn1cc(C(=O)N2CCC[C@H](c3nc(C)cn3C)C2)cn1. The molecule has 2 aromatic heterocycles. The monoisotopic (exact) mass is 301 g/mol. The van der Waals surface area contributed by atoms with Gasteiger partial charge in [0.2, 0.25) is 0 Å². The van der Waals surface area contributed by atoms with Crippen LogP contribution in [0.5, 0.6) is 0 Å². The third kappa shape index (κ3) is 2.77. The predicted octanol–water partition coefficient (Wildman–Crippen LogP) is 1.96. The van der Waals surface area contributed by atoms with E-state index in [-0.39, 0.29) is 5.91 Å². The topological polar surface area (TPSA) is 56.0 Å². The standard InChI is InChI=1S/C16H23N5O/c1-4-21-11-14(8-17-21)16(22)20-7-5-6-13(10-20)15-18-12(2)9-19(15)3/h8-9,11,13H,4-7,10H2,1-3H3/t13-/m0/s1. The number of hydrogen-bond donors (Lipinski definition) is 0. The largest absolute Gasteiger partial charge is 0.338 e. The van der Waals surface area contributed by atoms with Gasteiger partial charge in [0.25, 0.3) is 5.91 Å². The number of piperidine rings is 1. The van der Waals surface area contributed by atoms with E-state index in [0.717, 1.165) is 44.0 Å². The van der Waals surface area contributed by atoms with Crippen molar-refractivity contribution in [2.24, 2.45) is 7.05 Å². The smallest absolute Gasteiger partial charge is 0.257 e. The van der Waals surface area contributed by atoms with Gasteiger partial charge in [0.05, 0.1) is 17.5 Å². The summed E-state index contributed by atoms with van der Waals surface area (Å²) in [4.78, 5) is 19.2. The lowest BCUT2D eigenvalue weighted by molar-refractivity contribution is 0.0703. The maximum atomic E-state index is 12.6. The van der Waals surface area contributed by atoms with Crippen LogP contribution in [-0.4, -0.2) is 43.2 Å². The number of likely N-dealkylation sites (tertiary alicyclic amines) is 1. The van der Waals surface area contributed by atoms with E-state index in [1.165, 1.54) is 0 Å². The Morgan fingerprint density at radius 1 is 1.41 bits per heavy atom. The highest BCUT2D eigenvalue weighted by Crippen LogP contribution is 2.27. The zero-order valence-corrected chi connectivity index (χ0v) is 13.5. The van der Waals surface area contributed by atoms with Crippen LogP contribution in [0.1, 0.15) is 47.6 Å². The molecular formula is C16H23N5O. The summed E-state index contributed by atoms with van der Waals surface area (Å²) in [5, 5.41) is 4.20. The van der Waals surface area contributed by atoms with Crippen molar-refractivity contribution in [1.82, 2.24) is 24.2 Å². The zero-order valence-electron chi connectivity index (χ0n) is 13.5. The van der Waals surface area contributed by atoms with Crippen molar-refractivity contribution in [2.45, 2.75) is 39.2 Å². The summed E-state index contributed by atoms with van der Waals surface area (Å²) in [6.07, 6.45) is 7.64. The van der Waals surface area contributed by atoms with Crippen LogP contribution in [0.3, 0.4) is 0 Å². The van der Waals surface area contributed by atoms with E-state index in [0.29, 0.717) is 11.5 Å². The van der Waals surface area contributed by atoms with Gasteiger partial charge < -0.3 is 9.47 Å². The van der Waals surface area contributed by atoms with Crippen molar-refractivity contribution in [3.8, 4) is 0 Å². The second kappa shape index (κ2) is 5.94. The zero-order chi connectivity index (χ0) is 15.7. The molecule has 22 heavy (non-hydrogen) atoms. The number of aromatic nitrogens is 4. The Labute approximate surface area is 130 Å². The fourth-order valence-corrected chi connectivity index (χ4v) is 3.22.